The van der Waals surface area contributed by atoms with Crippen LogP contribution in [0.5, 0.6) is 0 Å². The maximum absolute atomic E-state index is 13.1. The van der Waals surface area contributed by atoms with Crippen LogP contribution >= 0.6 is 0 Å². The number of ketones is 1. The smallest absolute Gasteiger partial charge is 0.302 e. The van der Waals surface area contributed by atoms with E-state index in [0.29, 0.717) is 12.3 Å². The lowest BCUT2D eigenvalue weighted by Gasteiger charge is -2.56. The fourth-order valence-corrected chi connectivity index (χ4v) is 6.85. The third kappa shape index (κ3) is 2.42. The molecule has 26 heavy (non-hydrogen) atoms. The molecule has 5 nitrogen and oxygen atoms in total. The summed E-state index contributed by atoms with van der Waals surface area (Å²) in [7, 11) is 0. The van der Waals surface area contributed by atoms with Crippen molar-refractivity contribution in [2.75, 3.05) is 0 Å². The third-order valence-electron chi connectivity index (χ3n) is 8.31. The minimum absolute atomic E-state index is 0.0171. The molecule has 4 aliphatic carbocycles. The zero-order chi connectivity index (χ0) is 18.7. The van der Waals surface area contributed by atoms with Crippen molar-refractivity contribution in [1.82, 2.24) is 0 Å². The lowest BCUT2D eigenvalue weighted by molar-refractivity contribution is -0.149. The van der Waals surface area contributed by atoms with E-state index in [1.54, 1.807) is 0 Å². The van der Waals surface area contributed by atoms with Crippen LogP contribution in [0, 0.1) is 33.5 Å². The SMILES string of the molecule is CC(=O)O[C@H]1CC[C@@]2(C)C(=CC(=O)[C@@H]3[C@@H]2CC[C@]2(C)C(N=O)CC[C@@H]32)C1. The highest BCUT2D eigenvalue weighted by Crippen LogP contribution is 2.64. The van der Waals surface area contributed by atoms with Gasteiger partial charge in [-0.3, -0.25) is 9.59 Å². The van der Waals surface area contributed by atoms with E-state index >= 15 is 0 Å². The second-order valence-electron chi connectivity index (χ2n) is 9.45. The standard InChI is InChI=1S/C21H29NO4/c1-12(23)26-14-6-8-20(2)13(10-14)11-17(24)19-15-4-5-18(22-25)21(15,3)9-7-16(19)20/h11,14-16,18-19H,4-10H2,1-3H3/t14-,15-,16-,18?,19-,20-,21-/m0/s1. The van der Waals surface area contributed by atoms with Crippen LogP contribution in [0.25, 0.3) is 0 Å². The number of esters is 1. The van der Waals surface area contributed by atoms with Crippen LogP contribution in [-0.2, 0) is 14.3 Å². The molecule has 7 atom stereocenters. The van der Waals surface area contributed by atoms with Gasteiger partial charge in [0.1, 0.15) is 6.10 Å². The Morgan fingerprint density at radius 3 is 2.62 bits per heavy atom. The van der Waals surface area contributed by atoms with Crippen molar-refractivity contribution in [3.8, 4) is 0 Å². The highest BCUT2D eigenvalue weighted by molar-refractivity contribution is 5.94. The zero-order valence-corrected chi connectivity index (χ0v) is 16.0. The molecule has 0 aromatic heterocycles. The molecule has 4 aliphatic rings. The van der Waals surface area contributed by atoms with Crippen molar-refractivity contribution in [1.29, 1.82) is 0 Å². The summed E-state index contributed by atoms with van der Waals surface area (Å²) in [5, 5.41) is 3.42. The molecule has 142 valence electrons. The Kier molecular flexibility index (Phi) is 4.12. The second-order valence-corrected chi connectivity index (χ2v) is 9.45. The van der Waals surface area contributed by atoms with Crippen LogP contribution in [0.3, 0.4) is 0 Å². The first-order chi connectivity index (χ1) is 12.3. The normalized spacial score (nSPS) is 47.3. The summed E-state index contributed by atoms with van der Waals surface area (Å²) in [6.45, 7) is 5.93. The van der Waals surface area contributed by atoms with E-state index in [1.807, 2.05) is 6.08 Å². The van der Waals surface area contributed by atoms with Gasteiger partial charge in [0.25, 0.3) is 0 Å². The molecule has 0 radical (unpaired) electrons. The van der Waals surface area contributed by atoms with Gasteiger partial charge in [-0.1, -0.05) is 24.6 Å². The van der Waals surface area contributed by atoms with E-state index in [9.17, 15) is 14.5 Å². The first-order valence-corrected chi connectivity index (χ1v) is 10.0. The number of nitrogens with zero attached hydrogens (tertiary/aromatic N) is 1. The van der Waals surface area contributed by atoms with Gasteiger partial charge in [-0.2, -0.15) is 4.91 Å². The maximum atomic E-state index is 13.1. The van der Waals surface area contributed by atoms with Crippen LogP contribution in [0.2, 0.25) is 0 Å². The fourth-order valence-electron chi connectivity index (χ4n) is 6.85. The van der Waals surface area contributed by atoms with Crippen LogP contribution < -0.4 is 0 Å². The highest BCUT2D eigenvalue weighted by Gasteiger charge is 2.61. The largest absolute Gasteiger partial charge is 0.462 e. The summed E-state index contributed by atoms with van der Waals surface area (Å²) in [6.07, 6.45) is 8.02. The van der Waals surface area contributed by atoms with E-state index in [2.05, 4.69) is 19.0 Å². The van der Waals surface area contributed by atoms with Crippen molar-refractivity contribution in [3.05, 3.63) is 16.6 Å². The summed E-state index contributed by atoms with van der Waals surface area (Å²) in [6, 6.07) is -0.140. The van der Waals surface area contributed by atoms with Crippen LogP contribution in [0.1, 0.15) is 65.7 Å². The van der Waals surface area contributed by atoms with Crippen LogP contribution in [0.15, 0.2) is 16.8 Å². The molecule has 0 aromatic rings. The third-order valence-corrected chi connectivity index (χ3v) is 8.31. The van der Waals surface area contributed by atoms with Gasteiger partial charge in [-0.25, -0.2) is 0 Å². The summed E-state index contributed by atoms with van der Waals surface area (Å²) in [5.74, 6) is 0.632. The van der Waals surface area contributed by atoms with Gasteiger partial charge < -0.3 is 4.74 Å². The van der Waals surface area contributed by atoms with Crippen LogP contribution in [0.4, 0.5) is 0 Å². The van der Waals surface area contributed by atoms with E-state index < -0.39 is 0 Å². The van der Waals surface area contributed by atoms with Gasteiger partial charge in [0.15, 0.2) is 5.78 Å². The van der Waals surface area contributed by atoms with Crippen molar-refractivity contribution in [3.63, 3.8) is 0 Å². The first kappa shape index (κ1) is 17.9. The molecular weight excluding hydrogens is 330 g/mol. The molecule has 5 heteroatoms. The quantitative estimate of drug-likeness (QED) is 0.547. The Bertz CT molecular complexity index is 685. The van der Waals surface area contributed by atoms with Gasteiger partial charge in [0, 0.05) is 19.3 Å². The maximum Gasteiger partial charge on any atom is 0.302 e. The Hall–Kier alpha value is -1.52. The Morgan fingerprint density at radius 2 is 1.92 bits per heavy atom. The van der Waals surface area contributed by atoms with E-state index in [4.69, 9.17) is 4.74 Å². The molecule has 0 spiro atoms. The number of rotatable bonds is 2. The van der Waals surface area contributed by atoms with E-state index in [-0.39, 0.29) is 46.6 Å². The predicted molar refractivity (Wildman–Crippen MR) is 97.2 cm³/mol. The van der Waals surface area contributed by atoms with Crippen LogP contribution in [-0.4, -0.2) is 23.9 Å². The van der Waals surface area contributed by atoms with Crippen molar-refractivity contribution >= 4 is 11.8 Å². The van der Waals surface area contributed by atoms with Gasteiger partial charge in [0.2, 0.25) is 0 Å². The molecule has 3 saturated carbocycles. The molecule has 0 bridgehead atoms. The summed E-state index contributed by atoms with van der Waals surface area (Å²) in [4.78, 5) is 35.8. The Balaban J connectivity index is 1.65. The molecule has 4 rings (SSSR count). The summed E-state index contributed by atoms with van der Waals surface area (Å²) < 4.78 is 5.43. The minimum atomic E-state index is -0.244. The minimum Gasteiger partial charge on any atom is -0.462 e. The number of carbonyl (C=O) groups is 2. The van der Waals surface area contributed by atoms with Crippen molar-refractivity contribution in [2.24, 2.45) is 33.8 Å². The molecule has 0 heterocycles. The average Bonchev–Trinajstić information content (AvgIpc) is 2.92. The Morgan fingerprint density at radius 1 is 1.15 bits per heavy atom. The summed E-state index contributed by atoms with van der Waals surface area (Å²) in [5.41, 5.74) is 1.08. The zero-order valence-electron chi connectivity index (χ0n) is 16.0. The molecule has 0 N–H and O–H groups in total. The average molecular weight is 359 g/mol. The van der Waals surface area contributed by atoms with Crippen molar-refractivity contribution in [2.45, 2.75) is 77.9 Å². The lowest BCUT2D eigenvalue weighted by atomic mass is 9.47. The predicted octanol–water partition coefficient (Wildman–Crippen LogP) is 4.19. The Labute approximate surface area is 154 Å². The number of nitroso groups, excluding NO2 is 1. The highest BCUT2D eigenvalue weighted by atomic mass is 16.5. The molecule has 0 amide bonds. The van der Waals surface area contributed by atoms with Gasteiger partial charge >= 0.3 is 5.97 Å². The van der Waals surface area contributed by atoms with E-state index in [1.165, 1.54) is 12.5 Å². The van der Waals surface area contributed by atoms with Crippen molar-refractivity contribution < 1.29 is 14.3 Å². The van der Waals surface area contributed by atoms with Gasteiger partial charge in [-0.15, -0.1) is 0 Å². The molecule has 0 aliphatic heterocycles. The lowest BCUT2D eigenvalue weighted by Crippen LogP contribution is -2.54. The van der Waals surface area contributed by atoms with Gasteiger partial charge in [-0.05, 0) is 67.3 Å². The number of allylic oxidation sites excluding steroid dienone is 1. The fraction of sp³-hybridized carbons (Fsp3) is 0.810. The molecule has 1 unspecified atom stereocenters. The molecular formula is C21H29NO4. The first-order valence-electron chi connectivity index (χ1n) is 10.0. The number of ether oxygens (including phenoxy) is 1. The topological polar surface area (TPSA) is 72.8 Å². The number of carbonyl (C=O) groups excluding carboxylic acids is 2. The molecule has 0 saturated heterocycles. The molecule has 0 aromatic carbocycles. The number of hydrogen-bond acceptors (Lipinski definition) is 5. The monoisotopic (exact) mass is 359 g/mol. The van der Waals surface area contributed by atoms with Gasteiger partial charge in [0.05, 0.1) is 6.04 Å². The summed E-state index contributed by atoms with van der Waals surface area (Å²) >= 11 is 0. The second kappa shape index (κ2) is 6.00. The molecule has 3 fully saturated rings. The number of hydrogen-bond donors (Lipinski definition) is 0. The number of fused-ring (bicyclic) bond motifs is 5. The van der Waals surface area contributed by atoms with E-state index in [0.717, 1.165) is 38.5 Å².